The average Bonchev–Trinajstić information content (AvgIpc) is 3.45. The number of hydrogen-bond donors (Lipinski definition) is 1. The molecule has 1 aliphatic heterocycles. The van der Waals surface area contributed by atoms with E-state index < -0.39 is 6.10 Å². The number of fused-ring (bicyclic) bond motifs is 1. The van der Waals surface area contributed by atoms with Crippen LogP contribution in [-0.2, 0) is 9.53 Å². The first kappa shape index (κ1) is 20.6. The molecule has 4 aromatic rings. The number of imidazole rings is 1. The lowest BCUT2D eigenvalue weighted by Gasteiger charge is -2.16. The summed E-state index contributed by atoms with van der Waals surface area (Å²) in [6.07, 6.45) is 3.71. The maximum absolute atomic E-state index is 12.1. The number of carbonyl (C=O) groups excluding carboxylic acids is 2. The molecule has 1 aromatic carbocycles. The van der Waals surface area contributed by atoms with Crippen molar-refractivity contribution in [3.05, 3.63) is 66.1 Å². The van der Waals surface area contributed by atoms with Gasteiger partial charge >= 0.3 is 5.97 Å². The van der Waals surface area contributed by atoms with E-state index in [9.17, 15) is 9.59 Å². The Hall–Kier alpha value is -4.27. The van der Waals surface area contributed by atoms with Crippen LogP contribution >= 0.6 is 0 Å². The van der Waals surface area contributed by atoms with Gasteiger partial charge in [0.25, 0.3) is 5.91 Å². The summed E-state index contributed by atoms with van der Waals surface area (Å²) in [5.41, 5.74) is 3.24. The Kier molecular flexibility index (Phi) is 5.21. The number of benzene rings is 1. The molecular formula is C24H21N5O4. The van der Waals surface area contributed by atoms with E-state index in [0.717, 1.165) is 16.8 Å². The molecule has 1 fully saturated rings. The fourth-order valence-corrected chi connectivity index (χ4v) is 3.69. The summed E-state index contributed by atoms with van der Waals surface area (Å²) in [7, 11) is 3.34. The number of rotatable bonds is 5. The van der Waals surface area contributed by atoms with Crippen LogP contribution in [0.3, 0.4) is 0 Å². The zero-order valence-corrected chi connectivity index (χ0v) is 18.1. The molecule has 1 saturated heterocycles. The molecular weight excluding hydrogens is 422 g/mol. The number of esters is 1. The summed E-state index contributed by atoms with van der Waals surface area (Å²) >= 11 is 0. The van der Waals surface area contributed by atoms with Gasteiger partial charge in [-0.15, -0.1) is 0 Å². The van der Waals surface area contributed by atoms with Crippen molar-refractivity contribution in [2.75, 3.05) is 14.1 Å². The Morgan fingerprint density at radius 2 is 2.06 bits per heavy atom. The number of nitrogens with one attached hydrogen (secondary N) is 1. The van der Waals surface area contributed by atoms with Crippen molar-refractivity contribution in [3.63, 3.8) is 0 Å². The van der Waals surface area contributed by atoms with Crippen molar-refractivity contribution < 1.29 is 19.1 Å². The number of ether oxygens (including phenoxy) is 2. The van der Waals surface area contributed by atoms with Gasteiger partial charge in [0.1, 0.15) is 29.0 Å². The highest BCUT2D eigenvalue weighted by molar-refractivity contribution is 5.92. The molecule has 0 saturated carbocycles. The number of aromatic amines is 1. The Balaban J connectivity index is 1.53. The molecule has 0 aliphatic carbocycles. The number of H-pyrrole nitrogens is 1. The predicted molar refractivity (Wildman–Crippen MR) is 120 cm³/mol. The molecule has 166 valence electrons. The second kappa shape index (κ2) is 8.34. The van der Waals surface area contributed by atoms with Crippen molar-refractivity contribution in [3.8, 4) is 23.0 Å². The molecule has 0 radical (unpaired) electrons. The van der Waals surface area contributed by atoms with E-state index in [2.05, 4.69) is 19.9 Å². The van der Waals surface area contributed by atoms with Crippen molar-refractivity contribution in [1.82, 2.24) is 24.8 Å². The van der Waals surface area contributed by atoms with Crippen LogP contribution in [0.1, 0.15) is 35.0 Å². The Labute approximate surface area is 189 Å². The Bertz CT molecular complexity index is 1330. The molecule has 4 heterocycles. The summed E-state index contributed by atoms with van der Waals surface area (Å²) in [6.45, 7) is 0. The van der Waals surface area contributed by atoms with Gasteiger partial charge in [0.2, 0.25) is 0 Å². The van der Waals surface area contributed by atoms with E-state index in [1.54, 1.807) is 38.5 Å². The number of amides is 1. The highest BCUT2D eigenvalue weighted by atomic mass is 16.6. The normalized spacial score (nSPS) is 15.5. The fraction of sp³-hybridized carbons (Fsp3) is 0.208. The van der Waals surface area contributed by atoms with Crippen LogP contribution in [-0.4, -0.2) is 50.8 Å². The molecule has 33 heavy (non-hydrogen) atoms. The monoisotopic (exact) mass is 443 g/mol. The molecule has 1 amide bonds. The largest absolute Gasteiger partial charge is 0.457 e. The lowest BCUT2D eigenvalue weighted by atomic mass is 10.0. The van der Waals surface area contributed by atoms with Gasteiger partial charge in [-0.3, -0.25) is 14.6 Å². The van der Waals surface area contributed by atoms with Gasteiger partial charge in [-0.05, 0) is 36.8 Å². The predicted octanol–water partition coefficient (Wildman–Crippen LogP) is 3.89. The molecule has 5 rings (SSSR count). The quantitative estimate of drug-likeness (QED) is 0.466. The molecule has 1 unspecified atom stereocenters. The van der Waals surface area contributed by atoms with E-state index in [-0.39, 0.29) is 11.9 Å². The summed E-state index contributed by atoms with van der Waals surface area (Å²) in [5.74, 6) is 1.16. The van der Waals surface area contributed by atoms with Crippen LogP contribution in [0.4, 0.5) is 0 Å². The molecule has 9 heteroatoms. The number of cyclic esters (lactones) is 1. The van der Waals surface area contributed by atoms with Crippen LogP contribution in [0.2, 0.25) is 0 Å². The molecule has 0 bridgehead atoms. The third kappa shape index (κ3) is 4.12. The minimum atomic E-state index is -0.416. The van der Waals surface area contributed by atoms with Gasteiger partial charge in [-0.2, -0.15) is 0 Å². The van der Waals surface area contributed by atoms with E-state index in [1.807, 2.05) is 24.3 Å². The van der Waals surface area contributed by atoms with Crippen LogP contribution in [0.15, 0.2) is 54.9 Å². The highest BCUT2D eigenvalue weighted by Crippen LogP contribution is 2.39. The molecule has 1 atom stereocenters. The topological polar surface area (TPSA) is 110 Å². The molecule has 0 spiro atoms. The van der Waals surface area contributed by atoms with E-state index >= 15 is 0 Å². The van der Waals surface area contributed by atoms with Gasteiger partial charge in [-0.1, -0.05) is 6.07 Å². The summed E-state index contributed by atoms with van der Waals surface area (Å²) in [6, 6.07) is 12.6. The number of nitrogens with zero attached hydrogens (tertiary/aromatic N) is 4. The van der Waals surface area contributed by atoms with Gasteiger partial charge in [0.05, 0.1) is 17.2 Å². The maximum Gasteiger partial charge on any atom is 0.306 e. The Morgan fingerprint density at radius 3 is 2.73 bits per heavy atom. The van der Waals surface area contributed by atoms with Gasteiger partial charge in [0, 0.05) is 38.3 Å². The van der Waals surface area contributed by atoms with Gasteiger partial charge in [-0.25, -0.2) is 9.97 Å². The second-order valence-electron chi connectivity index (χ2n) is 7.91. The van der Waals surface area contributed by atoms with Crippen LogP contribution in [0.5, 0.6) is 11.5 Å². The standard InChI is InChI=1S/C24H21N5O4/c1-29(2)24(31)17-7-6-14(13-26-17)32-21-12-19-18(11-15(21)20-8-9-22(30)33-20)27-23(28-19)16-5-3-4-10-25-16/h3-7,10-13,20H,8-9H2,1-2H3,(H,27,28). The molecule has 1 aliphatic rings. The van der Waals surface area contributed by atoms with Crippen molar-refractivity contribution in [1.29, 1.82) is 0 Å². The third-order valence-corrected chi connectivity index (χ3v) is 5.34. The fourth-order valence-electron chi connectivity index (χ4n) is 3.69. The van der Waals surface area contributed by atoms with Crippen molar-refractivity contribution in [2.45, 2.75) is 18.9 Å². The number of carbonyl (C=O) groups is 2. The Morgan fingerprint density at radius 1 is 1.18 bits per heavy atom. The minimum Gasteiger partial charge on any atom is -0.457 e. The van der Waals surface area contributed by atoms with E-state index in [1.165, 1.54) is 11.1 Å². The van der Waals surface area contributed by atoms with Crippen LogP contribution in [0.25, 0.3) is 22.6 Å². The maximum atomic E-state index is 12.1. The van der Waals surface area contributed by atoms with Crippen molar-refractivity contribution in [2.24, 2.45) is 0 Å². The third-order valence-electron chi connectivity index (χ3n) is 5.34. The second-order valence-corrected chi connectivity index (χ2v) is 7.91. The van der Waals surface area contributed by atoms with Gasteiger partial charge in [0.15, 0.2) is 5.82 Å². The van der Waals surface area contributed by atoms with Gasteiger partial charge < -0.3 is 19.4 Å². The molecule has 3 aromatic heterocycles. The lowest BCUT2D eigenvalue weighted by molar-refractivity contribution is -0.141. The first-order chi connectivity index (χ1) is 16.0. The van der Waals surface area contributed by atoms with Crippen molar-refractivity contribution >= 4 is 22.9 Å². The van der Waals surface area contributed by atoms with E-state index in [0.29, 0.717) is 41.4 Å². The first-order valence-electron chi connectivity index (χ1n) is 10.5. The smallest absolute Gasteiger partial charge is 0.306 e. The number of pyridine rings is 2. The molecule has 1 N–H and O–H groups in total. The van der Waals surface area contributed by atoms with Crippen LogP contribution in [0, 0.1) is 0 Å². The summed E-state index contributed by atoms with van der Waals surface area (Å²) < 4.78 is 11.6. The summed E-state index contributed by atoms with van der Waals surface area (Å²) in [4.78, 5) is 41.8. The van der Waals surface area contributed by atoms with Crippen LogP contribution < -0.4 is 4.74 Å². The zero-order valence-electron chi connectivity index (χ0n) is 18.1. The lowest BCUT2D eigenvalue weighted by Crippen LogP contribution is -2.22. The molecule has 9 nitrogen and oxygen atoms in total. The highest BCUT2D eigenvalue weighted by Gasteiger charge is 2.29. The SMILES string of the molecule is CN(C)C(=O)c1ccc(Oc2cc3nc(-c4ccccn4)[nH]c3cc2C2CCC(=O)O2)cn1. The average molecular weight is 443 g/mol. The minimum absolute atomic E-state index is 0.194. The zero-order chi connectivity index (χ0) is 22.9. The summed E-state index contributed by atoms with van der Waals surface area (Å²) in [5, 5.41) is 0. The number of aromatic nitrogens is 4. The number of hydrogen-bond acceptors (Lipinski definition) is 7. The van der Waals surface area contributed by atoms with E-state index in [4.69, 9.17) is 9.47 Å². The first-order valence-corrected chi connectivity index (χ1v) is 10.5.